The first-order chi connectivity index (χ1) is 11.0. The molecule has 0 aliphatic heterocycles. The summed E-state index contributed by atoms with van der Waals surface area (Å²) in [6, 6.07) is 12.8. The minimum atomic E-state index is -0.851. The first-order valence-corrected chi connectivity index (χ1v) is 6.44. The number of carbonyl (C=O) groups excluding carboxylic acids is 1. The topological polar surface area (TPSA) is 96.0 Å². The fraction of sp³-hybridized carbons (Fsp3) is 0. The standard InChI is InChI=1S/C16H10FN3O3/c17-13-6-2-3-7-14(13)19-16(21)12(10-18)9-11-5-1-4-8-15(11)20(22)23/h1-9H,(H,19,21)/b12-9+. The fourth-order valence-corrected chi connectivity index (χ4v) is 1.83. The summed E-state index contributed by atoms with van der Waals surface area (Å²) in [5, 5.41) is 22.3. The van der Waals surface area contributed by atoms with Gasteiger partial charge in [0.25, 0.3) is 11.6 Å². The molecule has 0 atom stereocenters. The quantitative estimate of drug-likeness (QED) is 0.405. The van der Waals surface area contributed by atoms with Crippen LogP contribution in [0.15, 0.2) is 54.1 Å². The number of amides is 1. The van der Waals surface area contributed by atoms with E-state index in [1.165, 1.54) is 36.4 Å². The third kappa shape index (κ3) is 3.77. The minimum Gasteiger partial charge on any atom is -0.319 e. The van der Waals surface area contributed by atoms with Gasteiger partial charge in [0.2, 0.25) is 0 Å². The third-order valence-electron chi connectivity index (χ3n) is 2.92. The number of nitriles is 1. The van der Waals surface area contributed by atoms with Crippen LogP contribution in [-0.2, 0) is 4.79 Å². The molecule has 114 valence electrons. The lowest BCUT2D eigenvalue weighted by molar-refractivity contribution is -0.385. The zero-order valence-electron chi connectivity index (χ0n) is 11.7. The van der Waals surface area contributed by atoms with Crippen molar-refractivity contribution in [1.82, 2.24) is 0 Å². The van der Waals surface area contributed by atoms with Gasteiger partial charge in [-0.05, 0) is 24.3 Å². The molecule has 1 N–H and O–H groups in total. The monoisotopic (exact) mass is 311 g/mol. The molecule has 0 bridgehead atoms. The Hall–Kier alpha value is -3.53. The van der Waals surface area contributed by atoms with Crippen LogP contribution in [0.1, 0.15) is 5.56 Å². The number of para-hydroxylation sites is 2. The lowest BCUT2D eigenvalue weighted by Crippen LogP contribution is -2.14. The molecule has 0 radical (unpaired) electrons. The predicted octanol–water partition coefficient (Wildman–Crippen LogP) is 3.28. The lowest BCUT2D eigenvalue weighted by atomic mass is 10.1. The molecule has 0 fully saturated rings. The van der Waals surface area contributed by atoms with E-state index in [9.17, 15) is 19.3 Å². The van der Waals surface area contributed by atoms with Gasteiger partial charge in [0.1, 0.15) is 17.5 Å². The first-order valence-electron chi connectivity index (χ1n) is 6.44. The van der Waals surface area contributed by atoms with Crippen LogP contribution in [0.2, 0.25) is 0 Å². The number of hydrogen-bond donors (Lipinski definition) is 1. The molecule has 0 aliphatic carbocycles. The van der Waals surface area contributed by atoms with Crippen LogP contribution in [0.25, 0.3) is 6.08 Å². The molecule has 2 aromatic rings. The van der Waals surface area contributed by atoms with Gasteiger partial charge in [-0.1, -0.05) is 24.3 Å². The van der Waals surface area contributed by atoms with E-state index in [0.717, 1.165) is 12.1 Å². The number of nitrogens with one attached hydrogen (secondary N) is 1. The van der Waals surface area contributed by atoms with Crippen molar-refractivity contribution < 1.29 is 14.1 Å². The van der Waals surface area contributed by atoms with Crippen molar-refractivity contribution in [3.05, 3.63) is 75.6 Å². The molecule has 0 saturated heterocycles. The molecular formula is C16H10FN3O3. The van der Waals surface area contributed by atoms with Crippen molar-refractivity contribution in [2.24, 2.45) is 0 Å². The molecule has 0 saturated carbocycles. The number of anilines is 1. The Morgan fingerprint density at radius 3 is 2.52 bits per heavy atom. The van der Waals surface area contributed by atoms with Crippen molar-refractivity contribution in [1.29, 1.82) is 5.26 Å². The van der Waals surface area contributed by atoms with Crippen LogP contribution in [0.3, 0.4) is 0 Å². The van der Waals surface area contributed by atoms with E-state index >= 15 is 0 Å². The number of carbonyl (C=O) groups is 1. The zero-order chi connectivity index (χ0) is 16.8. The van der Waals surface area contributed by atoms with E-state index in [1.54, 1.807) is 12.1 Å². The maximum absolute atomic E-state index is 13.5. The van der Waals surface area contributed by atoms with Crippen LogP contribution in [-0.4, -0.2) is 10.8 Å². The maximum atomic E-state index is 13.5. The lowest BCUT2D eigenvalue weighted by Gasteiger charge is -2.05. The van der Waals surface area contributed by atoms with Crippen molar-refractivity contribution >= 4 is 23.4 Å². The summed E-state index contributed by atoms with van der Waals surface area (Å²) in [7, 11) is 0. The first kappa shape index (κ1) is 15.9. The Morgan fingerprint density at radius 1 is 1.22 bits per heavy atom. The van der Waals surface area contributed by atoms with E-state index in [2.05, 4.69) is 5.32 Å². The number of nitro groups is 1. The highest BCUT2D eigenvalue weighted by Gasteiger charge is 2.15. The van der Waals surface area contributed by atoms with Gasteiger partial charge in [-0.2, -0.15) is 5.26 Å². The SMILES string of the molecule is N#C/C(=C\c1ccccc1[N+](=O)[O-])C(=O)Nc1ccccc1F. The predicted molar refractivity (Wildman–Crippen MR) is 81.7 cm³/mol. The molecule has 0 aliphatic rings. The average Bonchev–Trinajstić information content (AvgIpc) is 2.54. The molecular weight excluding hydrogens is 301 g/mol. The van der Waals surface area contributed by atoms with Gasteiger partial charge in [0.05, 0.1) is 16.2 Å². The molecule has 23 heavy (non-hydrogen) atoms. The number of hydrogen-bond acceptors (Lipinski definition) is 4. The van der Waals surface area contributed by atoms with E-state index in [-0.39, 0.29) is 22.5 Å². The molecule has 0 unspecified atom stereocenters. The molecule has 0 spiro atoms. The number of benzene rings is 2. The second kappa shape index (κ2) is 6.95. The van der Waals surface area contributed by atoms with Gasteiger partial charge < -0.3 is 5.32 Å². The Morgan fingerprint density at radius 2 is 1.87 bits per heavy atom. The molecule has 0 heterocycles. The molecule has 1 amide bonds. The number of halogens is 1. The maximum Gasteiger partial charge on any atom is 0.276 e. The summed E-state index contributed by atoms with van der Waals surface area (Å²) in [6.45, 7) is 0. The van der Waals surface area contributed by atoms with Gasteiger partial charge in [0.15, 0.2) is 0 Å². The highest BCUT2D eigenvalue weighted by Crippen LogP contribution is 2.21. The minimum absolute atomic E-state index is 0.0822. The van der Waals surface area contributed by atoms with Crippen LogP contribution < -0.4 is 5.32 Å². The summed E-state index contributed by atoms with van der Waals surface area (Å²) >= 11 is 0. The molecule has 0 aromatic heterocycles. The Bertz CT molecular complexity index is 840. The Balaban J connectivity index is 2.33. The molecule has 2 rings (SSSR count). The van der Waals surface area contributed by atoms with Gasteiger partial charge in [-0.25, -0.2) is 4.39 Å². The van der Waals surface area contributed by atoms with Crippen LogP contribution >= 0.6 is 0 Å². The third-order valence-corrected chi connectivity index (χ3v) is 2.92. The average molecular weight is 311 g/mol. The van der Waals surface area contributed by atoms with E-state index in [0.29, 0.717) is 0 Å². The highest BCUT2D eigenvalue weighted by atomic mass is 19.1. The van der Waals surface area contributed by atoms with Gasteiger partial charge in [0, 0.05) is 6.07 Å². The summed E-state index contributed by atoms with van der Waals surface area (Å²) in [5.74, 6) is -1.50. The summed E-state index contributed by atoms with van der Waals surface area (Å²) in [4.78, 5) is 22.4. The molecule has 7 heteroatoms. The Kier molecular flexibility index (Phi) is 4.79. The van der Waals surface area contributed by atoms with Gasteiger partial charge in [-0.15, -0.1) is 0 Å². The summed E-state index contributed by atoms with van der Waals surface area (Å²) < 4.78 is 13.5. The van der Waals surface area contributed by atoms with Crippen molar-refractivity contribution in [3.63, 3.8) is 0 Å². The zero-order valence-corrected chi connectivity index (χ0v) is 11.7. The second-order valence-corrected chi connectivity index (χ2v) is 4.42. The molecule has 2 aromatic carbocycles. The fourth-order valence-electron chi connectivity index (χ4n) is 1.83. The largest absolute Gasteiger partial charge is 0.319 e. The Labute approximate surface area is 130 Å². The highest BCUT2D eigenvalue weighted by molar-refractivity contribution is 6.10. The number of rotatable bonds is 4. The number of nitro benzene ring substituents is 1. The molecule has 6 nitrogen and oxygen atoms in total. The second-order valence-electron chi connectivity index (χ2n) is 4.42. The van der Waals surface area contributed by atoms with Crippen LogP contribution in [0, 0.1) is 27.3 Å². The van der Waals surface area contributed by atoms with E-state index in [4.69, 9.17) is 5.26 Å². The van der Waals surface area contributed by atoms with Crippen molar-refractivity contribution in [3.8, 4) is 6.07 Å². The van der Waals surface area contributed by atoms with Gasteiger partial charge in [-0.3, -0.25) is 14.9 Å². The van der Waals surface area contributed by atoms with Crippen molar-refractivity contribution in [2.75, 3.05) is 5.32 Å². The van der Waals surface area contributed by atoms with E-state index < -0.39 is 16.6 Å². The van der Waals surface area contributed by atoms with Crippen molar-refractivity contribution in [2.45, 2.75) is 0 Å². The van der Waals surface area contributed by atoms with Crippen LogP contribution in [0.5, 0.6) is 0 Å². The normalized spacial score (nSPS) is 10.7. The van der Waals surface area contributed by atoms with Crippen LogP contribution in [0.4, 0.5) is 15.8 Å². The van der Waals surface area contributed by atoms with Gasteiger partial charge >= 0.3 is 0 Å². The summed E-state index contributed by atoms with van der Waals surface area (Å²) in [5.41, 5.74) is -0.583. The smallest absolute Gasteiger partial charge is 0.276 e. The summed E-state index contributed by atoms with van der Waals surface area (Å²) in [6.07, 6.45) is 1.09. The van der Waals surface area contributed by atoms with E-state index in [1.807, 2.05) is 0 Å². The number of nitrogens with zero attached hydrogens (tertiary/aromatic N) is 2.